The van der Waals surface area contributed by atoms with Crippen LogP contribution in [0.4, 0.5) is 4.79 Å². The monoisotopic (exact) mass is 327 g/mol. The standard InChI is InChI=1S/C15H22ClN3O3/c1-15(2,3)22-14(20)18-10-4-6-11(7-5-10)21-13-17-9-8-12(16)19-13/h8-11H,4-7H2,1-3H3,(H,18,20)/t10-,11-. The van der Waals surface area contributed by atoms with E-state index >= 15 is 0 Å². The smallest absolute Gasteiger partial charge is 0.407 e. The quantitative estimate of drug-likeness (QED) is 0.862. The molecule has 0 bridgehead atoms. The molecule has 2 rings (SSSR count). The summed E-state index contributed by atoms with van der Waals surface area (Å²) in [6, 6.07) is 2.03. The van der Waals surface area contributed by atoms with Gasteiger partial charge in [-0.25, -0.2) is 9.78 Å². The first-order chi connectivity index (χ1) is 10.3. The van der Waals surface area contributed by atoms with E-state index in [1.54, 1.807) is 12.3 Å². The summed E-state index contributed by atoms with van der Waals surface area (Å²) in [6.45, 7) is 5.55. The minimum Gasteiger partial charge on any atom is -0.460 e. The molecule has 1 fully saturated rings. The molecular weight excluding hydrogens is 306 g/mol. The summed E-state index contributed by atoms with van der Waals surface area (Å²) in [4.78, 5) is 19.8. The van der Waals surface area contributed by atoms with E-state index in [0.29, 0.717) is 11.2 Å². The number of nitrogens with one attached hydrogen (secondary N) is 1. The molecule has 1 amide bonds. The van der Waals surface area contributed by atoms with E-state index in [1.807, 2.05) is 20.8 Å². The third-order valence-corrected chi connectivity index (χ3v) is 3.48. The lowest BCUT2D eigenvalue weighted by atomic mass is 9.93. The molecule has 6 nitrogen and oxygen atoms in total. The lowest BCUT2D eigenvalue weighted by molar-refractivity contribution is 0.0467. The van der Waals surface area contributed by atoms with Crippen molar-refractivity contribution in [2.45, 2.75) is 64.2 Å². The normalized spacial score (nSPS) is 22.0. The molecule has 1 aromatic heterocycles. The van der Waals surface area contributed by atoms with Gasteiger partial charge in [0.2, 0.25) is 0 Å². The number of ether oxygens (including phenoxy) is 2. The first kappa shape index (κ1) is 16.8. The van der Waals surface area contributed by atoms with Crippen molar-refractivity contribution in [2.24, 2.45) is 0 Å². The highest BCUT2D eigenvalue weighted by atomic mass is 35.5. The molecule has 122 valence electrons. The number of carbonyl (C=O) groups excluding carboxylic acids is 1. The lowest BCUT2D eigenvalue weighted by Crippen LogP contribution is -2.42. The van der Waals surface area contributed by atoms with Crippen LogP contribution < -0.4 is 10.1 Å². The van der Waals surface area contributed by atoms with E-state index in [-0.39, 0.29) is 18.2 Å². The van der Waals surface area contributed by atoms with Crippen molar-refractivity contribution in [1.29, 1.82) is 0 Å². The molecule has 1 heterocycles. The fourth-order valence-electron chi connectivity index (χ4n) is 2.33. The lowest BCUT2D eigenvalue weighted by Gasteiger charge is -2.29. The molecule has 1 aliphatic carbocycles. The van der Waals surface area contributed by atoms with Crippen LogP contribution in [0.25, 0.3) is 0 Å². The van der Waals surface area contributed by atoms with Crippen LogP contribution in [0.1, 0.15) is 46.5 Å². The molecular formula is C15H22ClN3O3. The first-order valence-corrected chi connectivity index (χ1v) is 7.84. The number of halogens is 1. The second-order valence-corrected chi connectivity index (χ2v) is 6.79. The van der Waals surface area contributed by atoms with Gasteiger partial charge in [-0.15, -0.1) is 0 Å². The molecule has 0 radical (unpaired) electrons. The van der Waals surface area contributed by atoms with Crippen molar-refractivity contribution in [3.8, 4) is 6.01 Å². The number of carbonyl (C=O) groups is 1. The minimum atomic E-state index is -0.478. The first-order valence-electron chi connectivity index (χ1n) is 7.46. The van der Waals surface area contributed by atoms with Crippen molar-refractivity contribution in [2.75, 3.05) is 0 Å². The summed E-state index contributed by atoms with van der Waals surface area (Å²) >= 11 is 5.80. The number of rotatable bonds is 3. The summed E-state index contributed by atoms with van der Waals surface area (Å²) in [6.07, 6.45) is 4.59. The van der Waals surface area contributed by atoms with E-state index < -0.39 is 5.60 Å². The summed E-state index contributed by atoms with van der Waals surface area (Å²) < 4.78 is 11.0. The van der Waals surface area contributed by atoms with Crippen LogP contribution >= 0.6 is 11.6 Å². The van der Waals surface area contributed by atoms with Crippen LogP contribution in [0, 0.1) is 0 Å². The van der Waals surface area contributed by atoms with Gasteiger partial charge in [0.05, 0.1) is 0 Å². The van der Waals surface area contributed by atoms with Crippen molar-refractivity contribution < 1.29 is 14.3 Å². The summed E-state index contributed by atoms with van der Waals surface area (Å²) in [5.41, 5.74) is -0.478. The predicted octanol–water partition coefficient (Wildman–Crippen LogP) is 3.34. The van der Waals surface area contributed by atoms with Crippen LogP contribution in [-0.4, -0.2) is 33.8 Å². The SMILES string of the molecule is CC(C)(C)OC(=O)N[C@H]1CC[C@H](Oc2nccc(Cl)n2)CC1. The molecule has 1 N–H and O–H groups in total. The number of aromatic nitrogens is 2. The molecule has 1 aromatic rings. The maximum Gasteiger partial charge on any atom is 0.407 e. The van der Waals surface area contributed by atoms with Gasteiger partial charge < -0.3 is 14.8 Å². The third kappa shape index (κ3) is 5.67. The largest absolute Gasteiger partial charge is 0.460 e. The average Bonchev–Trinajstić information content (AvgIpc) is 2.39. The van der Waals surface area contributed by atoms with E-state index in [0.717, 1.165) is 25.7 Å². The average molecular weight is 328 g/mol. The number of hydrogen-bond acceptors (Lipinski definition) is 5. The Morgan fingerprint density at radius 2 is 2.00 bits per heavy atom. The van der Waals surface area contributed by atoms with Gasteiger partial charge in [0.15, 0.2) is 0 Å². The molecule has 22 heavy (non-hydrogen) atoms. The van der Waals surface area contributed by atoms with E-state index in [1.165, 1.54) is 0 Å². The Bertz CT molecular complexity index is 511. The second-order valence-electron chi connectivity index (χ2n) is 6.40. The van der Waals surface area contributed by atoms with Gasteiger partial charge in [-0.05, 0) is 52.5 Å². The molecule has 1 saturated carbocycles. The fraction of sp³-hybridized carbons (Fsp3) is 0.667. The zero-order valence-corrected chi connectivity index (χ0v) is 13.9. The van der Waals surface area contributed by atoms with Gasteiger partial charge in [-0.2, -0.15) is 4.98 Å². The molecule has 1 aliphatic rings. The number of amides is 1. The van der Waals surface area contributed by atoms with Gasteiger partial charge in [-0.1, -0.05) is 11.6 Å². The summed E-state index contributed by atoms with van der Waals surface area (Å²) in [7, 11) is 0. The van der Waals surface area contributed by atoms with Crippen LogP contribution in [0.2, 0.25) is 5.15 Å². The molecule has 0 spiro atoms. The zero-order chi connectivity index (χ0) is 16.2. The van der Waals surface area contributed by atoms with Gasteiger partial charge >= 0.3 is 12.1 Å². The van der Waals surface area contributed by atoms with E-state index in [9.17, 15) is 4.79 Å². The molecule has 7 heteroatoms. The van der Waals surface area contributed by atoms with Crippen molar-refractivity contribution in [3.05, 3.63) is 17.4 Å². The maximum atomic E-state index is 11.7. The zero-order valence-electron chi connectivity index (χ0n) is 13.1. The van der Waals surface area contributed by atoms with Crippen LogP contribution in [0.3, 0.4) is 0 Å². The maximum absolute atomic E-state index is 11.7. The van der Waals surface area contributed by atoms with Crippen LogP contribution in [0.5, 0.6) is 6.01 Å². The van der Waals surface area contributed by atoms with Crippen LogP contribution in [-0.2, 0) is 4.74 Å². The molecule has 0 saturated heterocycles. The van der Waals surface area contributed by atoms with Gasteiger partial charge in [-0.3, -0.25) is 0 Å². The van der Waals surface area contributed by atoms with Crippen molar-refractivity contribution >= 4 is 17.7 Å². The van der Waals surface area contributed by atoms with Crippen LogP contribution in [0.15, 0.2) is 12.3 Å². The molecule has 0 aliphatic heterocycles. The predicted molar refractivity (Wildman–Crippen MR) is 83.1 cm³/mol. The summed E-state index contributed by atoms with van der Waals surface area (Å²) in [5.74, 6) is 0. The Labute approximate surface area is 135 Å². The number of hydrogen-bond donors (Lipinski definition) is 1. The Morgan fingerprint density at radius 3 is 2.59 bits per heavy atom. The van der Waals surface area contributed by atoms with Gasteiger partial charge in [0.1, 0.15) is 16.9 Å². The van der Waals surface area contributed by atoms with Crippen molar-refractivity contribution in [1.82, 2.24) is 15.3 Å². The second kappa shape index (κ2) is 7.13. The highest BCUT2D eigenvalue weighted by molar-refractivity contribution is 6.29. The third-order valence-electron chi connectivity index (χ3n) is 3.27. The highest BCUT2D eigenvalue weighted by Crippen LogP contribution is 2.23. The number of nitrogens with zero attached hydrogens (tertiary/aromatic N) is 2. The number of alkyl carbamates (subject to hydrolysis) is 1. The Morgan fingerprint density at radius 1 is 1.32 bits per heavy atom. The Kier molecular flexibility index (Phi) is 5.45. The topological polar surface area (TPSA) is 73.3 Å². The summed E-state index contributed by atoms with van der Waals surface area (Å²) in [5, 5.41) is 3.27. The van der Waals surface area contributed by atoms with Gasteiger partial charge in [0.25, 0.3) is 0 Å². The fourth-order valence-corrected chi connectivity index (χ4v) is 2.45. The van der Waals surface area contributed by atoms with Gasteiger partial charge in [0, 0.05) is 12.2 Å². The van der Waals surface area contributed by atoms with Crippen molar-refractivity contribution in [3.63, 3.8) is 0 Å². The Hall–Kier alpha value is -1.56. The minimum absolute atomic E-state index is 0.0511. The molecule has 0 unspecified atom stereocenters. The highest BCUT2D eigenvalue weighted by Gasteiger charge is 2.26. The van der Waals surface area contributed by atoms with E-state index in [4.69, 9.17) is 21.1 Å². The molecule has 0 atom stereocenters. The van der Waals surface area contributed by atoms with E-state index in [2.05, 4.69) is 15.3 Å². The molecule has 0 aromatic carbocycles. The Balaban J connectivity index is 1.75.